The molecule has 0 aliphatic rings. The fourth-order valence-electron chi connectivity index (χ4n) is 2.50. The van der Waals surface area contributed by atoms with Crippen molar-refractivity contribution in [2.75, 3.05) is 26.6 Å². The molecule has 0 bridgehead atoms. The number of thioether (sulfide) groups is 1. The molecule has 2 aromatic rings. The molecule has 0 unspecified atom stereocenters. The number of ether oxygens (including phenoxy) is 3. The molecular formula is C21H22O6S. The zero-order chi connectivity index (χ0) is 20.5. The van der Waals surface area contributed by atoms with E-state index < -0.39 is 5.97 Å². The number of ketones is 2. The van der Waals surface area contributed by atoms with Gasteiger partial charge in [0.1, 0.15) is 11.5 Å². The third-order valence-electron chi connectivity index (χ3n) is 3.94. The summed E-state index contributed by atoms with van der Waals surface area (Å²) in [7, 11) is 3.03. The van der Waals surface area contributed by atoms with Gasteiger partial charge >= 0.3 is 5.97 Å². The van der Waals surface area contributed by atoms with Gasteiger partial charge in [-0.2, -0.15) is 0 Å². The molecule has 0 amide bonds. The Bertz CT molecular complexity index is 862. The minimum atomic E-state index is -0.491. The predicted octanol–water partition coefficient (Wildman–Crippen LogP) is 3.57. The summed E-state index contributed by atoms with van der Waals surface area (Å²) in [5.41, 5.74) is 1.77. The number of hydrogen-bond acceptors (Lipinski definition) is 7. The van der Waals surface area contributed by atoms with E-state index in [9.17, 15) is 14.4 Å². The van der Waals surface area contributed by atoms with E-state index >= 15 is 0 Å². The Morgan fingerprint density at radius 3 is 2.36 bits per heavy atom. The van der Waals surface area contributed by atoms with Gasteiger partial charge in [0.05, 0.1) is 25.5 Å². The molecule has 0 heterocycles. The zero-order valence-corrected chi connectivity index (χ0v) is 16.8. The number of Topliss-reactive ketones (excluding diaryl/α,β-unsaturated/α-hetero) is 2. The Kier molecular flexibility index (Phi) is 8.07. The van der Waals surface area contributed by atoms with Crippen molar-refractivity contribution < 1.29 is 28.6 Å². The monoisotopic (exact) mass is 402 g/mol. The summed E-state index contributed by atoms with van der Waals surface area (Å²) in [6.45, 7) is 1.15. The van der Waals surface area contributed by atoms with E-state index in [0.717, 1.165) is 5.56 Å². The van der Waals surface area contributed by atoms with Gasteiger partial charge in [0.15, 0.2) is 12.4 Å². The van der Waals surface area contributed by atoms with Crippen molar-refractivity contribution in [3.63, 3.8) is 0 Å². The Morgan fingerprint density at radius 2 is 1.68 bits per heavy atom. The number of carbonyl (C=O) groups excluding carboxylic acids is 3. The largest absolute Gasteiger partial charge is 0.496 e. The average Bonchev–Trinajstić information content (AvgIpc) is 2.71. The summed E-state index contributed by atoms with van der Waals surface area (Å²) in [6, 6.07) is 12.0. The fourth-order valence-corrected chi connectivity index (χ4v) is 3.29. The molecule has 0 radical (unpaired) electrons. The van der Waals surface area contributed by atoms with Crippen LogP contribution < -0.4 is 9.47 Å². The summed E-state index contributed by atoms with van der Waals surface area (Å²) < 4.78 is 15.5. The molecule has 0 aromatic heterocycles. The number of carbonyl (C=O) groups is 3. The topological polar surface area (TPSA) is 78.9 Å². The van der Waals surface area contributed by atoms with Gasteiger partial charge in [-0.1, -0.05) is 12.1 Å². The summed E-state index contributed by atoms with van der Waals surface area (Å²) in [6.07, 6.45) is 0. The molecule has 0 fully saturated rings. The maximum Gasteiger partial charge on any atom is 0.316 e. The van der Waals surface area contributed by atoms with Crippen LogP contribution in [0.3, 0.4) is 0 Å². The van der Waals surface area contributed by atoms with Crippen LogP contribution in [0.2, 0.25) is 0 Å². The molecular weight excluding hydrogens is 380 g/mol. The molecule has 0 aliphatic heterocycles. The van der Waals surface area contributed by atoms with Crippen molar-refractivity contribution in [2.45, 2.75) is 12.7 Å². The SMILES string of the molecule is COc1ccc(C(C)=O)cc1CSCC(=O)OCC(=O)c1ccccc1OC. The van der Waals surface area contributed by atoms with E-state index in [0.29, 0.717) is 28.4 Å². The van der Waals surface area contributed by atoms with Gasteiger partial charge in [0.2, 0.25) is 5.78 Å². The van der Waals surface area contributed by atoms with Crippen molar-refractivity contribution in [3.8, 4) is 11.5 Å². The third-order valence-corrected chi connectivity index (χ3v) is 4.89. The Balaban J connectivity index is 1.85. The smallest absolute Gasteiger partial charge is 0.316 e. The molecule has 7 heteroatoms. The minimum absolute atomic E-state index is 0.0387. The van der Waals surface area contributed by atoms with Gasteiger partial charge in [-0.25, -0.2) is 0 Å². The van der Waals surface area contributed by atoms with Gasteiger partial charge in [-0.3, -0.25) is 14.4 Å². The van der Waals surface area contributed by atoms with Gasteiger partial charge in [0.25, 0.3) is 0 Å². The molecule has 0 atom stereocenters. The van der Waals surface area contributed by atoms with Crippen LogP contribution in [-0.4, -0.2) is 44.1 Å². The number of hydrogen-bond donors (Lipinski definition) is 0. The summed E-state index contributed by atoms with van der Waals surface area (Å²) in [5.74, 6) is 0.782. The van der Waals surface area contributed by atoms with Gasteiger partial charge in [0, 0.05) is 16.9 Å². The molecule has 0 saturated heterocycles. The maximum atomic E-state index is 12.2. The minimum Gasteiger partial charge on any atom is -0.496 e. The highest BCUT2D eigenvalue weighted by atomic mass is 32.2. The van der Waals surface area contributed by atoms with Crippen molar-refractivity contribution >= 4 is 29.3 Å². The maximum absolute atomic E-state index is 12.2. The standard InChI is InChI=1S/C21H22O6S/c1-14(22)15-8-9-19(25-2)16(10-15)12-28-13-21(24)27-11-18(23)17-6-4-5-7-20(17)26-3/h4-10H,11-13H2,1-3H3. The third kappa shape index (κ3) is 5.85. The number of rotatable bonds is 10. The predicted molar refractivity (Wildman–Crippen MR) is 107 cm³/mol. The molecule has 0 aliphatic carbocycles. The molecule has 148 valence electrons. The first-order valence-electron chi connectivity index (χ1n) is 8.53. The summed E-state index contributed by atoms with van der Waals surface area (Å²) in [5, 5.41) is 0. The van der Waals surface area contributed by atoms with Gasteiger partial charge < -0.3 is 14.2 Å². The average molecular weight is 402 g/mol. The highest BCUT2D eigenvalue weighted by Crippen LogP contribution is 2.25. The Morgan fingerprint density at radius 1 is 0.964 bits per heavy atom. The second-order valence-corrected chi connectivity index (χ2v) is 6.85. The van der Waals surface area contributed by atoms with Crippen molar-refractivity contribution in [1.29, 1.82) is 0 Å². The van der Waals surface area contributed by atoms with Crippen molar-refractivity contribution in [1.82, 2.24) is 0 Å². The lowest BCUT2D eigenvalue weighted by atomic mass is 10.1. The van der Waals surface area contributed by atoms with E-state index in [1.54, 1.807) is 49.6 Å². The molecule has 6 nitrogen and oxygen atoms in total. The Labute approximate surface area is 168 Å². The number of esters is 1. The van der Waals surface area contributed by atoms with Crippen LogP contribution in [0.15, 0.2) is 42.5 Å². The molecule has 0 spiro atoms. The van der Waals surface area contributed by atoms with Crippen LogP contribution in [0.5, 0.6) is 11.5 Å². The van der Waals surface area contributed by atoms with E-state index in [1.807, 2.05) is 0 Å². The first-order chi connectivity index (χ1) is 13.5. The lowest BCUT2D eigenvalue weighted by molar-refractivity contribution is -0.139. The number of para-hydroxylation sites is 1. The van der Waals surface area contributed by atoms with Crippen LogP contribution in [0.1, 0.15) is 33.2 Å². The zero-order valence-electron chi connectivity index (χ0n) is 16.0. The van der Waals surface area contributed by atoms with E-state index in [1.165, 1.54) is 25.8 Å². The van der Waals surface area contributed by atoms with E-state index in [2.05, 4.69) is 0 Å². The van der Waals surface area contributed by atoms with E-state index in [-0.39, 0.29) is 23.9 Å². The number of methoxy groups -OCH3 is 2. The number of benzene rings is 2. The second kappa shape index (κ2) is 10.5. The quantitative estimate of drug-likeness (QED) is 0.444. The van der Waals surface area contributed by atoms with Crippen LogP contribution in [0.25, 0.3) is 0 Å². The molecule has 2 rings (SSSR count). The summed E-state index contributed by atoms with van der Waals surface area (Å²) >= 11 is 1.32. The normalized spacial score (nSPS) is 10.2. The van der Waals surface area contributed by atoms with Gasteiger partial charge in [-0.15, -0.1) is 11.8 Å². The van der Waals surface area contributed by atoms with Crippen molar-refractivity contribution in [3.05, 3.63) is 59.2 Å². The molecule has 0 saturated carbocycles. The van der Waals surface area contributed by atoms with Gasteiger partial charge in [-0.05, 0) is 37.3 Å². The van der Waals surface area contributed by atoms with Crippen LogP contribution in [0, 0.1) is 0 Å². The second-order valence-electron chi connectivity index (χ2n) is 5.86. The van der Waals surface area contributed by atoms with Crippen LogP contribution in [-0.2, 0) is 15.3 Å². The highest BCUT2D eigenvalue weighted by Gasteiger charge is 2.14. The highest BCUT2D eigenvalue weighted by molar-refractivity contribution is 7.99. The molecule has 28 heavy (non-hydrogen) atoms. The lowest BCUT2D eigenvalue weighted by Gasteiger charge is -2.10. The van der Waals surface area contributed by atoms with Crippen molar-refractivity contribution in [2.24, 2.45) is 0 Å². The first-order valence-corrected chi connectivity index (χ1v) is 9.69. The molecule has 2 aromatic carbocycles. The first kappa shape index (κ1) is 21.5. The lowest BCUT2D eigenvalue weighted by Crippen LogP contribution is -2.16. The fraction of sp³-hybridized carbons (Fsp3) is 0.286. The van der Waals surface area contributed by atoms with Crippen LogP contribution >= 0.6 is 11.8 Å². The van der Waals surface area contributed by atoms with E-state index in [4.69, 9.17) is 14.2 Å². The van der Waals surface area contributed by atoms with Crippen LogP contribution in [0.4, 0.5) is 0 Å². The summed E-state index contributed by atoms with van der Waals surface area (Å²) in [4.78, 5) is 35.7. The Hall–Kier alpha value is -2.80. The molecule has 0 N–H and O–H groups in total.